The molecule has 0 amide bonds. The molecule has 5 heteroatoms. The van der Waals surface area contributed by atoms with Gasteiger partial charge in [-0.05, 0) is 25.4 Å². The summed E-state index contributed by atoms with van der Waals surface area (Å²) in [6.45, 7) is 3.00. The van der Waals surface area contributed by atoms with Crippen LogP contribution in [0, 0.1) is 0 Å². The Morgan fingerprint density at radius 2 is 2.43 bits per heavy atom. The van der Waals surface area contributed by atoms with Gasteiger partial charge in [0, 0.05) is 13.1 Å². The molecule has 0 aliphatic carbocycles. The van der Waals surface area contributed by atoms with Crippen molar-refractivity contribution in [3.8, 4) is 0 Å². The Kier molecular flexibility index (Phi) is 4.97. The fourth-order valence-corrected chi connectivity index (χ4v) is 1.73. The van der Waals surface area contributed by atoms with Crippen LogP contribution in [0.1, 0.15) is 19.2 Å². The van der Waals surface area contributed by atoms with Crippen molar-refractivity contribution in [2.24, 2.45) is 7.05 Å². The molecule has 0 radical (unpaired) electrons. The molecule has 0 fully saturated rings. The first-order valence-corrected chi connectivity index (χ1v) is 6.18. The van der Waals surface area contributed by atoms with Crippen molar-refractivity contribution in [2.45, 2.75) is 25.9 Å². The summed E-state index contributed by atoms with van der Waals surface area (Å²) in [5.41, 5.74) is 0. The van der Waals surface area contributed by atoms with Gasteiger partial charge in [0.2, 0.25) is 0 Å². The largest absolute Gasteiger partial charge is 0.307 e. The van der Waals surface area contributed by atoms with Crippen LogP contribution in [-0.4, -0.2) is 32.8 Å². The summed E-state index contributed by atoms with van der Waals surface area (Å²) in [6.07, 6.45) is 4.91. The van der Waals surface area contributed by atoms with Crippen LogP contribution in [0.25, 0.3) is 0 Å². The van der Waals surface area contributed by atoms with Crippen LogP contribution in [0.2, 0.25) is 0 Å². The van der Waals surface area contributed by atoms with Crippen molar-refractivity contribution in [1.82, 2.24) is 20.1 Å². The third-order valence-electron chi connectivity index (χ3n) is 2.17. The van der Waals surface area contributed by atoms with E-state index in [4.69, 9.17) is 0 Å². The number of nitrogens with one attached hydrogen (secondary N) is 1. The lowest BCUT2D eigenvalue weighted by atomic mass is 10.2. The van der Waals surface area contributed by atoms with Gasteiger partial charge in [-0.2, -0.15) is 16.9 Å². The van der Waals surface area contributed by atoms with E-state index in [-0.39, 0.29) is 0 Å². The van der Waals surface area contributed by atoms with E-state index in [1.165, 1.54) is 12.2 Å². The fourth-order valence-electron chi connectivity index (χ4n) is 1.14. The monoisotopic (exact) mass is 214 g/mol. The maximum Gasteiger partial charge on any atom is 0.140 e. The van der Waals surface area contributed by atoms with Crippen molar-refractivity contribution in [1.29, 1.82) is 0 Å². The van der Waals surface area contributed by atoms with E-state index in [9.17, 15) is 0 Å². The van der Waals surface area contributed by atoms with Crippen molar-refractivity contribution >= 4 is 11.8 Å². The highest BCUT2D eigenvalue weighted by atomic mass is 32.2. The fraction of sp³-hybridized carbons (Fsp3) is 0.778. The topological polar surface area (TPSA) is 42.7 Å². The van der Waals surface area contributed by atoms with Gasteiger partial charge in [-0.3, -0.25) is 4.68 Å². The number of nitrogens with zero attached hydrogens (tertiary/aromatic N) is 3. The Morgan fingerprint density at radius 1 is 1.64 bits per heavy atom. The predicted molar refractivity (Wildman–Crippen MR) is 60.3 cm³/mol. The molecule has 0 aliphatic rings. The molecule has 1 atom stereocenters. The Labute approximate surface area is 89.5 Å². The molecule has 14 heavy (non-hydrogen) atoms. The molecule has 0 aliphatic heterocycles. The summed E-state index contributed by atoms with van der Waals surface area (Å²) >= 11 is 1.88. The maximum atomic E-state index is 4.15. The molecule has 1 heterocycles. The summed E-state index contributed by atoms with van der Waals surface area (Å²) in [7, 11) is 1.91. The minimum Gasteiger partial charge on any atom is -0.307 e. The quantitative estimate of drug-likeness (QED) is 0.768. The molecule has 0 spiro atoms. The molecule has 1 unspecified atom stereocenters. The number of aromatic nitrogens is 3. The van der Waals surface area contributed by atoms with E-state index in [0.717, 1.165) is 12.4 Å². The zero-order chi connectivity index (χ0) is 10.4. The number of rotatable bonds is 6. The number of thioether (sulfide) groups is 1. The van der Waals surface area contributed by atoms with Gasteiger partial charge in [-0.25, -0.2) is 4.98 Å². The van der Waals surface area contributed by atoms with Crippen LogP contribution in [0.5, 0.6) is 0 Å². The molecular formula is C9H18N4S. The second-order valence-electron chi connectivity index (χ2n) is 3.36. The van der Waals surface area contributed by atoms with Crippen LogP contribution in [0.15, 0.2) is 6.33 Å². The van der Waals surface area contributed by atoms with Crippen molar-refractivity contribution in [2.75, 3.05) is 12.0 Å². The molecule has 1 N–H and O–H groups in total. The van der Waals surface area contributed by atoms with Gasteiger partial charge in [0.05, 0.1) is 6.54 Å². The van der Waals surface area contributed by atoms with Crippen molar-refractivity contribution in [3.63, 3.8) is 0 Å². The van der Waals surface area contributed by atoms with Crippen molar-refractivity contribution < 1.29 is 0 Å². The van der Waals surface area contributed by atoms with E-state index in [1.807, 2.05) is 18.8 Å². The van der Waals surface area contributed by atoms with Crippen LogP contribution >= 0.6 is 11.8 Å². The van der Waals surface area contributed by atoms with E-state index in [0.29, 0.717) is 6.04 Å². The number of hydrogen-bond donors (Lipinski definition) is 1. The average molecular weight is 214 g/mol. The van der Waals surface area contributed by atoms with Gasteiger partial charge in [0.15, 0.2) is 0 Å². The highest BCUT2D eigenvalue weighted by molar-refractivity contribution is 7.98. The molecule has 0 bridgehead atoms. The van der Waals surface area contributed by atoms with Gasteiger partial charge < -0.3 is 5.32 Å². The summed E-state index contributed by atoms with van der Waals surface area (Å²) in [5, 5.41) is 7.44. The predicted octanol–water partition coefficient (Wildman–Crippen LogP) is 1.05. The molecule has 4 nitrogen and oxygen atoms in total. The molecule has 1 aromatic rings. The second-order valence-corrected chi connectivity index (χ2v) is 4.35. The maximum absolute atomic E-state index is 4.15. The molecule has 80 valence electrons. The zero-order valence-electron chi connectivity index (χ0n) is 9.03. The van der Waals surface area contributed by atoms with Crippen LogP contribution < -0.4 is 5.32 Å². The Bertz CT molecular complexity index is 261. The van der Waals surface area contributed by atoms with Gasteiger partial charge in [0.1, 0.15) is 12.2 Å². The first kappa shape index (κ1) is 11.5. The van der Waals surface area contributed by atoms with E-state index in [2.05, 4.69) is 28.6 Å². The smallest absolute Gasteiger partial charge is 0.140 e. The van der Waals surface area contributed by atoms with Gasteiger partial charge in [-0.1, -0.05) is 0 Å². The SMILES string of the molecule is CSCCC(C)NCc1ncnn1C. The normalized spacial score (nSPS) is 13.1. The standard InChI is InChI=1S/C9H18N4S/c1-8(4-5-14-3)10-6-9-11-7-12-13(9)2/h7-8,10H,4-6H2,1-3H3. The van der Waals surface area contributed by atoms with E-state index < -0.39 is 0 Å². The molecule has 0 aromatic carbocycles. The summed E-state index contributed by atoms with van der Waals surface area (Å²) in [6, 6.07) is 0.541. The Morgan fingerprint density at radius 3 is 3.00 bits per heavy atom. The van der Waals surface area contributed by atoms with Gasteiger partial charge >= 0.3 is 0 Å². The first-order chi connectivity index (χ1) is 6.74. The zero-order valence-corrected chi connectivity index (χ0v) is 9.84. The minimum atomic E-state index is 0.541. The summed E-state index contributed by atoms with van der Waals surface area (Å²) < 4.78 is 1.80. The van der Waals surface area contributed by atoms with E-state index >= 15 is 0 Å². The highest BCUT2D eigenvalue weighted by Gasteiger charge is 2.03. The summed E-state index contributed by atoms with van der Waals surface area (Å²) in [5.74, 6) is 2.19. The van der Waals surface area contributed by atoms with Crippen LogP contribution in [0.3, 0.4) is 0 Å². The lowest BCUT2D eigenvalue weighted by molar-refractivity contribution is 0.513. The lowest BCUT2D eigenvalue weighted by Crippen LogP contribution is -2.27. The second kappa shape index (κ2) is 6.03. The lowest BCUT2D eigenvalue weighted by Gasteiger charge is -2.12. The third kappa shape index (κ3) is 3.67. The van der Waals surface area contributed by atoms with E-state index in [1.54, 1.807) is 11.0 Å². The minimum absolute atomic E-state index is 0.541. The van der Waals surface area contributed by atoms with Crippen LogP contribution in [-0.2, 0) is 13.6 Å². The average Bonchev–Trinajstić information content (AvgIpc) is 2.58. The number of aryl methyl sites for hydroxylation is 1. The first-order valence-electron chi connectivity index (χ1n) is 4.79. The molecule has 0 saturated carbocycles. The molecule has 0 saturated heterocycles. The van der Waals surface area contributed by atoms with Gasteiger partial charge in [0.25, 0.3) is 0 Å². The third-order valence-corrected chi connectivity index (χ3v) is 2.81. The Hall–Kier alpha value is -0.550. The molecule has 1 aromatic heterocycles. The number of hydrogen-bond acceptors (Lipinski definition) is 4. The van der Waals surface area contributed by atoms with Crippen LogP contribution in [0.4, 0.5) is 0 Å². The molecule has 1 rings (SSSR count). The Balaban J connectivity index is 2.23. The summed E-state index contributed by atoms with van der Waals surface area (Å²) in [4.78, 5) is 4.15. The molecular weight excluding hydrogens is 196 g/mol. The van der Waals surface area contributed by atoms with Crippen molar-refractivity contribution in [3.05, 3.63) is 12.2 Å². The van der Waals surface area contributed by atoms with Gasteiger partial charge in [-0.15, -0.1) is 0 Å². The highest BCUT2D eigenvalue weighted by Crippen LogP contribution is 2.00.